The summed E-state index contributed by atoms with van der Waals surface area (Å²) < 4.78 is 5.81. The van der Waals surface area contributed by atoms with E-state index in [1.165, 1.54) is 35.1 Å². The second-order valence-corrected chi connectivity index (χ2v) is 8.38. The Kier molecular flexibility index (Phi) is 3.44. The molecule has 1 unspecified atom stereocenters. The molecule has 0 radical (unpaired) electrons. The SMILES string of the molecule is Cc1c2c3c(c4ocnc14)[C@@H](C)CC[C@@H]3[C@@H](C)C2/C=C/C(C)(C)O. The van der Waals surface area contributed by atoms with Gasteiger partial charge >= 0.3 is 0 Å². The van der Waals surface area contributed by atoms with Crippen LogP contribution in [-0.4, -0.2) is 15.7 Å². The number of benzene rings is 1. The first-order valence-electron chi connectivity index (χ1n) is 9.10. The molecule has 0 spiro atoms. The van der Waals surface area contributed by atoms with E-state index in [0.29, 0.717) is 23.7 Å². The molecule has 1 aromatic carbocycles. The van der Waals surface area contributed by atoms with Crippen LogP contribution >= 0.6 is 0 Å². The van der Waals surface area contributed by atoms with Crippen LogP contribution in [0.25, 0.3) is 11.1 Å². The number of rotatable bonds is 2. The highest BCUT2D eigenvalue weighted by Crippen LogP contribution is 2.58. The zero-order chi connectivity index (χ0) is 17.2. The number of nitrogens with zero attached hydrogens (tertiary/aromatic N) is 1. The number of hydrogen-bond acceptors (Lipinski definition) is 3. The van der Waals surface area contributed by atoms with Crippen molar-refractivity contribution in [3.63, 3.8) is 0 Å². The summed E-state index contributed by atoms with van der Waals surface area (Å²) in [4.78, 5) is 4.52. The van der Waals surface area contributed by atoms with E-state index in [4.69, 9.17) is 4.42 Å². The Morgan fingerprint density at radius 2 is 1.96 bits per heavy atom. The molecule has 0 saturated heterocycles. The van der Waals surface area contributed by atoms with Crippen LogP contribution < -0.4 is 0 Å². The molecule has 1 aromatic heterocycles. The lowest BCUT2D eigenvalue weighted by Crippen LogP contribution is -2.16. The largest absolute Gasteiger partial charge is 0.443 e. The van der Waals surface area contributed by atoms with Gasteiger partial charge in [-0.25, -0.2) is 4.98 Å². The van der Waals surface area contributed by atoms with Crippen molar-refractivity contribution in [3.8, 4) is 0 Å². The number of allylic oxidation sites excluding steroid dienone is 1. The van der Waals surface area contributed by atoms with Crippen molar-refractivity contribution in [3.05, 3.63) is 40.8 Å². The summed E-state index contributed by atoms with van der Waals surface area (Å²) in [5.74, 6) is 2.02. The molecule has 0 saturated carbocycles. The predicted molar refractivity (Wildman–Crippen MR) is 96.5 cm³/mol. The fraction of sp³-hybridized carbons (Fsp3) is 0.571. The minimum Gasteiger partial charge on any atom is -0.443 e. The summed E-state index contributed by atoms with van der Waals surface area (Å²) in [5, 5.41) is 10.1. The molecule has 0 bridgehead atoms. The van der Waals surface area contributed by atoms with Crippen LogP contribution in [0.4, 0.5) is 0 Å². The first-order valence-corrected chi connectivity index (χ1v) is 9.10. The zero-order valence-corrected chi connectivity index (χ0v) is 15.3. The Morgan fingerprint density at radius 1 is 1.21 bits per heavy atom. The summed E-state index contributed by atoms with van der Waals surface area (Å²) in [6.07, 6.45) is 8.22. The van der Waals surface area contributed by atoms with Crippen LogP contribution in [0.15, 0.2) is 23.0 Å². The molecule has 2 aliphatic carbocycles. The molecule has 3 heteroatoms. The molecule has 4 atom stereocenters. The van der Waals surface area contributed by atoms with E-state index in [9.17, 15) is 5.11 Å². The summed E-state index contributed by atoms with van der Waals surface area (Å²) >= 11 is 0. The molecule has 1 N–H and O–H groups in total. The van der Waals surface area contributed by atoms with Crippen LogP contribution in [0, 0.1) is 12.8 Å². The van der Waals surface area contributed by atoms with Gasteiger partial charge in [-0.3, -0.25) is 0 Å². The molecule has 0 fully saturated rings. The van der Waals surface area contributed by atoms with Gasteiger partial charge in [0.25, 0.3) is 0 Å². The van der Waals surface area contributed by atoms with E-state index in [-0.39, 0.29) is 0 Å². The van der Waals surface area contributed by atoms with Gasteiger partial charge in [0.15, 0.2) is 12.0 Å². The Bertz CT molecular complexity index is 824. The Morgan fingerprint density at radius 3 is 2.67 bits per heavy atom. The highest BCUT2D eigenvalue weighted by molar-refractivity contribution is 5.85. The number of hydrogen-bond donors (Lipinski definition) is 1. The molecule has 24 heavy (non-hydrogen) atoms. The lowest BCUT2D eigenvalue weighted by molar-refractivity contribution is 0.132. The van der Waals surface area contributed by atoms with E-state index in [2.05, 4.69) is 31.8 Å². The Balaban J connectivity index is 1.99. The van der Waals surface area contributed by atoms with Crippen LogP contribution in [0.1, 0.15) is 80.5 Å². The molecular weight excluding hydrogens is 298 g/mol. The summed E-state index contributed by atoms with van der Waals surface area (Å²) in [7, 11) is 0. The normalized spacial score (nSPS) is 29.6. The summed E-state index contributed by atoms with van der Waals surface area (Å²) in [6.45, 7) is 10.5. The molecule has 4 rings (SSSR count). The third-order valence-electron chi connectivity index (χ3n) is 6.17. The van der Waals surface area contributed by atoms with Crippen molar-refractivity contribution in [1.82, 2.24) is 4.98 Å². The Labute approximate surface area is 143 Å². The van der Waals surface area contributed by atoms with Crippen molar-refractivity contribution in [2.24, 2.45) is 5.92 Å². The standard InChI is InChI=1S/C21H27NO2/c1-11-6-7-14-12(2)15(8-9-21(4,5)23)17-13(3)19-20(24-10-22-19)16(11)18(14)17/h8-12,14-15,23H,6-7H2,1-5H3/b9-8+/t11-,12+,14+,15?/m0/s1. The molecule has 128 valence electrons. The van der Waals surface area contributed by atoms with E-state index in [0.717, 1.165) is 11.1 Å². The Hall–Kier alpha value is -1.61. The average Bonchev–Trinajstić information content (AvgIpc) is 3.07. The number of aromatic nitrogens is 1. The van der Waals surface area contributed by atoms with E-state index >= 15 is 0 Å². The summed E-state index contributed by atoms with van der Waals surface area (Å²) in [5.41, 5.74) is 6.86. The average molecular weight is 325 g/mol. The number of aliphatic hydroxyl groups is 1. The van der Waals surface area contributed by atoms with Gasteiger partial charge in [-0.15, -0.1) is 0 Å². The second-order valence-electron chi connectivity index (χ2n) is 8.38. The third-order valence-corrected chi connectivity index (χ3v) is 6.17. The first kappa shape index (κ1) is 15.9. The number of fused-ring (bicyclic) bond motifs is 2. The van der Waals surface area contributed by atoms with Crippen molar-refractivity contribution < 1.29 is 9.52 Å². The van der Waals surface area contributed by atoms with Crippen LogP contribution in [0.2, 0.25) is 0 Å². The van der Waals surface area contributed by atoms with Gasteiger partial charge in [0.1, 0.15) is 5.52 Å². The molecule has 2 aliphatic rings. The topological polar surface area (TPSA) is 46.3 Å². The van der Waals surface area contributed by atoms with Gasteiger partial charge in [-0.1, -0.05) is 26.0 Å². The second kappa shape index (κ2) is 5.19. The maximum atomic E-state index is 10.1. The fourth-order valence-corrected chi connectivity index (χ4v) is 4.99. The molecular formula is C21H27NO2. The maximum Gasteiger partial charge on any atom is 0.182 e. The van der Waals surface area contributed by atoms with Crippen LogP contribution in [-0.2, 0) is 0 Å². The molecule has 2 aromatic rings. The van der Waals surface area contributed by atoms with Gasteiger partial charge in [-0.05, 0) is 68.1 Å². The minimum absolute atomic E-state index is 0.349. The van der Waals surface area contributed by atoms with E-state index < -0.39 is 5.60 Å². The van der Waals surface area contributed by atoms with Crippen molar-refractivity contribution in [1.29, 1.82) is 0 Å². The molecule has 1 heterocycles. The van der Waals surface area contributed by atoms with E-state index in [1.807, 2.05) is 19.9 Å². The first-order chi connectivity index (χ1) is 11.3. The van der Waals surface area contributed by atoms with E-state index in [1.54, 1.807) is 6.39 Å². The van der Waals surface area contributed by atoms with Crippen molar-refractivity contribution in [2.75, 3.05) is 0 Å². The van der Waals surface area contributed by atoms with Crippen molar-refractivity contribution >= 4 is 11.1 Å². The number of oxazole rings is 1. The molecule has 0 aliphatic heterocycles. The van der Waals surface area contributed by atoms with Crippen molar-refractivity contribution in [2.45, 2.75) is 70.8 Å². The predicted octanol–water partition coefficient (Wildman–Crippen LogP) is 5.18. The van der Waals surface area contributed by atoms with Gasteiger partial charge in [-0.2, -0.15) is 0 Å². The van der Waals surface area contributed by atoms with Crippen LogP contribution in [0.3, 0.4) is 0 Å². The van der Waals surface area contributed by atoms with Gasteiger partial charge in [0, 0.05) is 11.5 Å². The van der Waals surface area contributed by atoms with Gasteiger partial charge in [0.05, 0.1) is 5.60 Å². The van der Waals surface area contributed by atoms with Gasteiger partial charge < -0.3 is 9.52 Å². The zero-order valence-electron chi connectivity index (χ0n) is 15.3. The third kappa shape index (κ3) is 2.17. The molecule has 0 amide bonds. The monoisotopic (exact) mass is 325 g/mol. The fourth-order valence-electron chi connectivity index (χ4n) is 4.99. The highest BCUT2D eigenvalue weighted by Gasteiger charge is 2.44. The summed E-state index contributed by atoms with van der Waals surface area (Å²) in [6, 6.07) is 0. The smallest absolute Gasteiger partial charge is 0.182 e. The lowest BCUT2D eigenvalue weighted by Gasteiger charge is -2.29. The quantitative estimate of drug-likeness (QED) is 0.774. The minimum atomic E-state index is -0.778. The number of aryl methyl sites for hydroxylation is 1. The molecule has 3 nitrogen and oxygen atoms in total. The maximum absolute atomic E-state index is 10.1. The van der Waals surface area contributed by atoms with Crippen LogP contribution in [0.5, 0.6) is 0 Å². The lowest BCUT2D eigenvalue weighted by atomic mass is 9.75. The highest BCUT2D eigenvalue weighted by atomic mass is 16.3. The van der Waals surface area contributed by atoms with Gasteiger partial charge in [0.2, 0.25) is 0 Å².